The number of hydrogen-bond donors (Lipinski definition) is 1. The molecule has 0 spiro atoms. The monoisotopic (exact) mass is 118 g/mol. The molecule has 0 bridgehead atoms. The third-order valence-corrected chi connectivity index (χ3v) is 0.687. The van der Waals surface area contributed by atoms with Gasteiger partial charge in [0.25, 0.3) is 0 Å². The van der Waals surface area contributed by atoms with E-state index in [1.54, 1.807) is 6.21 Å². The standard InChI is InChI=1S/C4H10N2S/c1-3-4-5-6-7-2/h4,7H,3H2,1-2H3/b5-4-. The zero-order valence-electron chi connectivity index (χ0n) is 4.63. The van der Waals surface area contributed by atoms with Gasteiger partial charge < -0.3 is 0 Å². The van der Waals surface area contributed by atoms with Crippen LogP contribution in [0.25, 0.3) is 0 Å². The Morgan fingerprint density at radius 2 is 2.43 bits per heavy atom. The van der Waals surface area contributed by atoms with Crippen molar-refractivity contribution in [1.29, 1.82) is 0 Å². The van der Waals surface area contributed by atoms with Gasteiger partial charge in [-0.3, -0.25) is 0 Å². The molecule has 0 radical (unpaired) electrons. The van der Waals surface area contributed by atoms with Gasteiger partial charge in [-0.25, -0.2) is 0 Å². The molecule has 0 fully saturated rings. The topological polar surface area (TPSA) is 24.7 Å². The van der Waals surface area contributed by atoms with Crippen LogP contribution < -0.4 is 0 Å². The second-order valence-electron chi connectivity index (χ2n) is 0.996. The average Bonchev–Trinajstić information content (AvgIpc) is 1.69. The van der Waals surface area contributed by atoms with Crippen LogP contribution in [0.1, 0.15) is 13.3 Å². The van der Waals surface area contributed by atoms with E-state index in [1.807, 2.05) is 13.2 Å². The van der Waals surface area contributed by atoms with Crippen molar-refractivity contribution < 1.29 is 0 Å². The maximum atomic E-state index is 3.70. The smallest absolute Gasteiger partial charge is 0.0273 e. The molecule has 0 saturated carbocycles. The molecule has 0 aliphatic carbocycles. The minimum absolute atomic E-state index is 0.971. The van der Waals surface area contributed by atoms with Crippen molar-refractivity contribution in [2.24, 2.45) is 9.57 Å². The summed E-state index contributed by atoms with van der Waals surface area (Å²) < 4.78 is 3.70. The highest BCUT2D eigenvalue weighted by atomic mass is 32.1. The number of nitrogens with zero attached hydrogens (tertiary/aromatic N) is 2. The Balaban J connectivity index is 3.09. The van der Waals surface area contributed by atoms with Crippen LogP contribution in [0, 0.1) is 0 Å². The van der Waals surface area contributed by atoms with Crippen LogP contribution >= 0.6 is 0 Å². The Morgan fingerprint density at radius 3 is 2.86 bits per heavy atom. The van der Waals surface area contributed by atoms with Crippen LogP contribution in [0.5, 0.6) is 0 Å². The molecule has 0 saturated heterocycles. The van der Waals surface area contributed by atoms with Crippen molar-refractivity contribution in [1.82, 2.24) is 0 Å². The molecule has 0 aliphatic heterocycles. The summed E-state index contributed by atoms with van der Waals surface area (Å²) in [6, 6.07) is 0. The number of hydrogen-bond acceptors (Lipinski definition) is 1. The summed E-state index contributed by atoms with van der Waals surface area (Å²) in [5.41, 5.74) is 0. The lowest BCUT2D eigenvalue weighted by molar-refractivity contribution is 1.23. The molecule has 0 aromatic rings. The van der Waals surface area contributed by atoms with E-state index in [9.17, 15) is 0 Å². The molecule has 0 heterocycles. The highest BCUT2D eigenvalue weighted by Crippen LogP contribution is 1.70. The van der Waals surface area contributed by atoms with Crippen molar-refractivity contribution in [2.75, 3.05) is 6.26 Å². The van der Waals surface area contributed by atoms with Gasteiger partial charge in [0.2, 0.25) is 0 Å². The third kappa shape index (κ3) is 5.82. The van der Waals surface area contributed by atoms with Crippen LogP contribution in [0.3, 0.4) is 0 Å². The highest BCUT2D eigenvalue weighted by Gasteiger charge is 1.58. The highest BCUT2D eigenvalue weighted by molar-refractivity contribution is 7.67. The molecule has 0 atom stereocenters. The summed E-state index contributed by atoms with van der Waals surface area (Å²) in [6.07, 6.45) is 4.70. The van der Waals surface area contributed by atoms with Crippen molar-refractivity contribution >= 4 is 17.8 Å². The van der Waals surface area contributed by atoms with Crippen LogP contribution in [0.2, 0.25) is 0 Å². The second-order valence-corrected chi connectivity index (χ2v) is 1.57. The Morgan fingerprint density at radius 1 is 1.71 bits per heavy atom. The quantitative estimate of drug-likeness (QED) is 0.318. The van der Waals surface area contributed by atoms with Gasteiger partial charge in [0.15, 0.2) is 0 Å². The first kappa shape index (κ1) is 6.82. The Bertz CT molecular complexity index is 77.8. The van der Waals surface area contributed by atoms with E-state index in [2.05, 4.69) is 9.57 Å². The van der Waals surface area contributed by atoms with Gasteiger partial charge in [0, 0.05) is 6.21 Å². The normalized spacial score (nSPS) is 12.9. The molecule has 2 nitrogen and oxygen atoms in total. The van der Waals surface area contributed by atoms with E-state index in [0.717, 1.165) is 18.0 Å². The third-order valence-electron chi connectivity index (χ3n) is 0.405. The van der Waals surface area contributed by atoms with E-state index < -0.39 is 0 Å². The molecule has 0 N–H and O–H groups in total. The predicted octanol–water partition coefficient (Wildman–Crippen LogP) is 1.01. The molecule has 0 rings (SSSR count). The zero-order valence-corrected chi connectivity index (χ0v) is 5.52. The fourth-order valence-corrected chi connectivity index (χ4v) is 0.346. The van der Waals surface area contributed by atoms with Crippen LogP contribution in [-0.4, -0.2) is 12.5 Å². The molecule has 0 aromatic carbocycles. The first-order valence-corrected chi connectivity index (χ1v) is 3.52. The summed E-state index contributed by atoms with van der Waals surface area (Å²) in [7, 11) is 0. The minimum Gasteiger partial charge on any atom is -0.157 e. The lowest BCUT2D eigenvalue weighted by atomic mass is 10.6. The first-order chi connectivity index (χ1) is 3.41. The predicted molar refractivity (Wildman–Crippen MR) is 35.9 cm³/mol. The van der Waals surface area contributed by atoms with Gasteiger partial charge in [0.1, 0.15) is 0 Å². The van der Waals surface area contributed by atoms with E-state index in [1.165, 1.54) is 0 Å². The number of thiol groups is 1. The number of rotatable bonds is 2. The van der Waals surface area contributed by atoms with Crippen molar-refractivity contribution in [3.05, 3.63) is 0 Å². The van der Waals surface area contributed by atoms with Gasteiger partial charge in [-0.05, 0) is 12.7 Å². The van der Waals surface area contributed by atoms with E-state index in [4.69, 9.17) is 0 Å². The summed E-state index contributed by atoms with van der Waals surface area (Å²) in [5.74, 6) is 0. The molecular formula is C4H10N2S. The first-order valence-electron chi connectivity index (χ1n) is 2.22. The molecule has 0 amide bonds. The summed E-state index contributed by atoms with van der Waals surface area (Å²) >= 11 is 0.982. The Kier molecular flexibility index (Phi) is 5.67. The molecule has 0 unspecified atom stereocenters. The van der Waals surface area contributed by atoms with Gasteiger partial charge >= 0.3 is 0 Å². The van der Waals surface area contributed by atoms with Gasteiger partial charge in [-0.2, -0.15) is 5.10 Å². The molecular weight excluding hydrogens is 108 g/mol. The summed E-state index contributed by atoms with van der Waals surface area (Å²) in [6.45, 7) is 2.03. The van der Waals surface area contributed by atoms with Crippen LogP contribution in [0.4, 0.5) is 0 Å². The van der Waals surface area contributed by atoms with Crippen LogP contribution in [0.15, 0.2) is 9.57 Å². The molecule has 42 valence electrons. The SMILES string of the molecule is CC/C=N\N=[SH]\C. The van der Waals surface area contributed by atoms with E-state index >= 15 is 0 Å². The summed E-state index contributed by atoms with van der Waals surface area (Å²) in [4.78, 5) is 0. The lowest BCUT2D eigenvalue weighted by Crippen LogP contribution is -1.62. The minimum atomic E-state index is 0.971. The lowest BCUT2D eigenvalue weighted by Gasteiger charge is -1.70. The fraction of sp³-hybridized carbons (Fsp3) is 0.750. The van der Waals surface area contributed by atoms with Gasteiger partial charge in [0.05, 0.1) is 0 Å². The molecule has 3 heteroatoms. The fourth-order valence-electron chi connectivity index (χ4n) is 0.170. The summed E-state index contributed by atoms with van der Waals surface area (Å²) in [5, 5.41) is 3.70. The maximum absolute atomic E-state index is 3.70. The van der Waals surface area contributed by atoms with Gasteiger partial charge in [-0.15, -0.1) is 4.47 Å². The van der Waals surface area contributed by atoms with Crippen molar-refractivity contribution in [2.45, 2.75) is 13.3 Å². The van der Waals surface area contributed by atoms with E-state index in [0.29, 0.717) is 0 Å². The second kappa shape index (κ2) is 5.82. The van der Waals surface area contributed by atoms with Crippen molar-refractivity contribution in [3.63, 3.8) is 0 Å². The molecule has 0 aromatic heterocycles. The molecule has 7 heavy (non-hydrogen) atoms. The van der Waals surface area contributed by atoms with E-state index in [-0.39, 0.29) is 0 Å². The van der Waals surface area contributed by atoms with Gasteiger partial charge in [-0.1, -0.05) is 18.5 Å². The van der Waals surface area contributed by atoms with Crippen molar-refractivity contribution in [3.8, 4) is 0 Å². The largest absolute Gasteiger partial charge is 0.157 e. The molecule has 0 aliphatic rings. The maximum Gasteiger partial charge on any atom is 0.0273 e. The van der Waals surface area contributed by atoms with Crippen LogP contribution in [-0.2, 0) is 11.6 Å². The Labute approximate surface area is 47.8 Å². The Hall–Kier alpha value is -0.180. The zero-order chi connectivity index (χ0) is 5.54. The average molecular weight is 118 g/mol.